The molecule has 0 fully saturated rings. The minimum Gasteiger partial charge on any atom is -0.497 e. The average Bonchev–Trinajstić information content (AvgIpc) is 3.18. The van der Waals surface area contributed by atoms with Gasteiger partial charge in [-0.25, -0.2) is 0 Å². The van der Waals surface area contributed by atoms with Gasteiger partial charge >= 0.3 is 0 Å². The molecular weight excluding hydrogens is 392 g/mol. The van der Waals surface area contributed by atoms with Crippen molar-refractivity contribution in [3.05, 3.63) is 47.5 Å². The van der Waals surface area contributed by atoms with E-state index < -0.39 is 6.10 Å². The standard InChI is InChI=1S/C21H24N2O5S/c1-13-5-14(2)7-19(6-13)27-11-16(24)12-29-21-23-22-20(28-21)15-8-17(25-3)10-18(9-15)26-4/h5-10,16,24H,11-12H2,1-4H3/t16-/m0/s1. The van der Waals surface area contributed by atoms with Crippen molar-refractivity contribution in [2.24, 2.45) is 0 Å². The zero-order valence-electron chi connectivity index (χ0n) is 16.8. The maximum atomic E-state index is 10.2. The predicted octanol–water partition coefficient (Wildman–Crippen LogP) is 3.90. The molecule has 2 aromatic carbocycles. The number of thioether (sulfide) groups is 1. The highest BCUT2D eigenvalue weighted by atomic mass is 32.2. The minimum atomic E-state index is -0.673. The summed E-state index contributed by atoms with van der Waals surface area (Å²) in [6.07, 6.45) is -0.673. The summed E-state index contributed by atoms with van der Waals surface area (Å²) in [7, 11) is 3.16. The monoisotopic (exact) mass is 416 g/mol. The number of hydrogen-bond acceptors (Lipinski definition) is 8. The lowest BCUT2D eigenvalue weighted by molar-refractivity contribution is 0.126. The second-order valence-electron chi connectivity index (χ2n) is 6.57. The van der Waals surface area contributed by atoms with Crippen LogP contribution in [0.25, 0.3) is 11.5 Å². The fourth-order valence-electron chi connectivity index (χ4n) is 2.74. The van der Waals surface area contributed by atoms with Crippen LogP contribution in [0.3, 0.4) is 0 Å². The summed E-state index contributed by atoms with van der Waals surface area (Å²) in [5.41, 5.74) is 2.94. The number of hydrogen-bond donors (Lipinski definition) is 1. The van der Waals surface area contributed by atoms with Gasteiger partial charge in [0.1, 0.15) is 23.9 Å². The maximum Gasteiger partial charge on any atom is 0.276 e. The van der Waals surface area contributed by atoms with Gasteiger partial charge in [-0.05, 0) is 49.2 Å². The van der Waals surface area contributed by atoms with E-state index in [-0.39, 0.29) is 6.61 Å². The Labute approximate surface area is 174 Å². The maximum absolute atomic E-state index is 10.2. The summed E-state index contributed by atoms with van der Waals surface area (Å²) in [5.74, 6) is 2.73. The lowest BCUT2D eigenvalue weighted by atomic mass is 10.1. The molecule has 3 rings (SSSR count). The van der Waals surface area contributed by atoms with Crippen LogP contribution in [0.4, 0.5) is 0 Å². The van der Waals surface area contributed by atoms with Crippen molar-refractivity contribution in [1.29, 1.82) is 0 Å². The molecule has 1 aromatic heterocycles. The molecule has 0 aliphatic rings. The van der Waals surface area contributed by atoms with E-state index in [1.54, 1.807) is 32.4 Å². The molecule has 0 radical (unpaired) electrons. The second-order valence-corrected chi connectivity index (χ2v) is 7.54. The molecule has 0 aliphatic heterocycles. The van der Waals surface area contributed by atoms with Gasteiger partial charge in [0, 0.05) is 17.4 Å². The number of methoxy groups -OCH3 is 2. The third-order valence-electron chi connectivity index (χ3n) is 4.04. The van der Waals surface area contributed by atoms with E-state index in [9.17, 15) is 5.11 Å². The number of rotatable bonds is 9. The second kappa shape index (κ2) is 9.67. The lowest BCUT2D eigenvalue weighted by Crippen LogP contribution is -2.20. The van der Waals surface area contributed by atoms with Gasteiger partial charge in [0.15, 0.2) is 0 Å². The first-order valence-electron chi connectivity index (χ1n) is 9.05. The summed E-state index contributed by atoms with van der Waals surface area (Å²) < 4.78 is 21.9. The molecule has 0 saturated carbocycles. The van der Waals surface area contributed by atoms with Gasteiger partial charge in [0.25, 0.3) is 5.22 Å². The molecule has 3 aromatic rings. The number of aliphatic hydroxyl groups is 1. The molecule has 1 N–H and O–H groups in total. The van der Waals surface area contributed by atoms with E-state index in [1.807, 2.05) is 26.0 Å². The Morgan fingerprint density at radius 3 is 2.21 bits per heavy atom. The van der Waals surface area contributed by atoms with Crippen LogP contribution in [0.2, 0.25) is 0 Å². The van der Waals surface area contributed by atoms with E-state index in [2.05, 4.69) is 16.3 Å². The Balaban J connectivity index is 1.56. The Bertz CT molecular complexity index is 917. The number of aliphatic hydroxyl groups excluding tert-OH is 1. The first-order valence-corrected chi connectivity index (χ1v) is 10.0. The Morgan fingerprint density at radius 2 is 1.59 bits per heavy atom. The van der Waals surface area contributed by atoms with Crippen LogP contribution in [0.5, 0.6) is 17.2 Å². The number of nitrogens with zero attached hydrogens (tertiary/aromatic N) is 2. The Hall–Kier alpha value is -2.71. The van der Waals surface area contributed by atoms with Crippen molar-refractivity contribution in [2.45, 2.75) is 25.2 Å². The van der Waals surface area contributed by atoms with E-state index in [1.165, 1.54) is 11.8 Å². The predicted molar refractivity (Wildman–Crippen MR) is 111 cm³/mol. The molecule has 8 heteroatoms. The van der Waals surface area contributed by atoms with Crippen LogP contribution in [0.1, 0.15) is 11.1 Å². The normalized spacial score (nSPS) is 11.9. The molecule has 0 aliphatic carbocycles. The fourth-order valence-corrected chi connectivity index (χ4v) is 3.41. The number of benzene rings is 2. The number of aryl methyl sites for hydroxylation is 2. The van der Waals surface area contributed by atoms with E-state index in [0.717, 1.165) is 16.9 Å². The smallest absolute Gasteiger partial charge is 0.276 e. The first-order chi connectivity index (χ1) is 14.0. The van der Waals surface area contributed by atoms with Crippen molar-refractivity contribution < 1.29 is 23.7 Å². The molecule has 1 atom stereocenters. The summed E-state index contributed by atoms with van der Waals surface area (Å²) in [4.78, 5) is 0. The third kappa shape index (κ3) is 5.88. The number of ether oxygens (including phenoxy) is 3. The molecule has 0 unspecified atom stereocenters. The molecule has 0 saturated heterocycles. The summed E-state index contributed by atoms with van der Waals surface area (Å²) in [6.45, 7) is 4.21. The van der Waals surface area contributed by atoms with Gasteiger partial charge in [0.05, 0.1) is 20.3 Å². The van der Waals surface area contributed by atoms with Gasteiger partial charge in [-0.2, -0.15) is 0 Å². The third-order valence-corrected chi connectivity index (χ3v) is 5.01. The van der Waals surface area contributed by atoms with Gasteiger partial charge in [0.2, 0.25) is 5.89 Å². The fraction of sp³-hybridized carbons (Fsp3) is 0.333. The van der Waals surface area contributed by atoms with Crippen LogP contribution in [0.15, 0.2) is 46.0 Å². The highest BCUT2D eigenvalue weighted by Crippen LogP contribution is 2.30. The zero-order chi connectivity index (χ0) is 20.8. The molecule has 0 amide bonds. The van der Waals surface area contributed by atoms with E-state index in [4.69, 9.17) is 18.6 Å². The van der Waals surface area contributed by atoms with Crippen molar-refractivity contribution in [1.82, 2.24) is 10.2 Å². The van der Waals surface area contributed by atoms with Crippen LogP contribution >= 0.6 is 11.8 Å². The van der Waals surface area contributed by atoms with E-state index >= 15 is 0 Å². The molecule has 7 nitrogen and oxygen atoms in total. The van der Waals surface area contributed by atoms with Gasteiger partial charge in [-0.15, -0.1) is 10.2 Å². The molecule has 154 valence electrons. The highest BCUT2D eigenvalue weighted by Gasteiger charge is 2.14. The summed E-state index contributed by atoms with van der Waals surface area (Å²) >= 11 is 1.27. The SMILES string of the molecule is COc1cc(OC)cc(-c2nnc(SC[C@@H](O)COc3cc(C)cc(C)c3)o2)c1. The first kappa shape index (κ1) is 21.0. The molecule has 0 spiro atoms. The quantitative estimate of drug-likeness (QED) is 0.526. The number of aromatic nitrogens is 2. The summed E-state index contributed by atoms with van der Waals surface area (Å²) in [5, 5.41) is 18.7. The molecule has 0 bridgehead atoms. The van der Waals surface area contributed by atoms with Crippen LogP contribution < -0.4 is 14.2 Å². The van der Waals surface area contributed by atoms with Crippen molar-refractivity contribution in [3.63, 3.8) is 0 Å². The highest BCUT2D eigenvalue weighted by molar-refractivity contribution is 7.99. The summed E-state index contributed by atoms with van der Waals surface area (Å²) in [6, 6.07) is 11.3. The van der Waals surface area contributed by atoms with Gasteiger partial charge in [-0.1, -0.05) is 17.8 Å². The molecular formula is C21H24N2O5S. The zero-order valence-corrected chi connectivity index (χ0v) is 17.7. The molecule has 29 heavy (non-hydrogen) atoms. The Kier molecular flexibility index (Phi) is 7.00. The van der Waals surface area contributed by atoms with Crippen LogP contribution in [-0.2, 0) is 0 Å². The van der Waals surface area contributed by atoms with Gasteiger partial charge in [-0.3, -0.25) is 0 Å². The Morgan fingerprint density at radius 1 is 0.931 bits per heavy atom. The largest absolute Gasteiger partial charge is 0.497 e. The average molecular weight is 416 g/mol. The van der Waals surface area contributed by atoms with Crippen molar-refractivity contribution >= 4 is 11.8 Å². The molecule has 1 heterocycles. The van der Waals surface area contributed by atoms with Crippen LogP contribution in [-0.4, -0.2) is 48.0 Å². The minimum absolute atomic E-state index is 0.184. The van der Waals surface area contributed by atoms with Crippen molar-refractivity contribution in [2.75, 3.05) is 26.6 Å². The van der Waals surface area contributed by atoms with Crippen LogP contribution in [0, 0.1) is 13.8 Å². The van der Waals surface area contributed by atoms with Gasteiger partial charge < -0.3 is 23.7 Å². The van der Waals surface area contributed by atoms with E-state index in [0.29, 0.717) is 33.9 Å². The lowest BCUT2D eigenvalue weighted by Gasteiger charge is -2.12. The van der Waals surface area contributed by atoms with Crippen molar-refractivity contribution in [3.8, 4) is 28.7 Å². The topological polar surface area (TPSA) is 86.8 Å².